The summed E-state index contributed by atoms with van der Waals surface area (Å²) in [6.45, 7) is 13.0. The first kappa shape index (κ1) is 16.5. The van der Waals surface area contributed by atoms with Gasteiger partial charge >= 0.3 is 0 Å². The van der Waals surface area contributed by atoms with Gasteiger partial charge in [0.2, 0.25) is 0 Å². The zero-order chi connectivity index (χ0) is 15.3. The molecule has 1 aromatic carbocycles. The third-order valence-corrected chi connectivity index (χ3v) is 4.79. The van der Waals surface area contributed by atoms with Gasteiger partial charge in [-0.05, 0) is 50.3 Å². The molecule has 1 heterocycles. The van der Waals surface area contributed by atoms with E-state index >= 15 is 0 Å². The van der Waals surface area contributed by atoms with Gasteiger partial charge in [0.1, 0.15) is 0 Å². The second-order valence-corrected chi connectivity index (χ2v) is 7.59. The van der Waals surface area contributed by atoms with Crippen molar-refractivity contribution in [2.45, 2.75) is 59.0 Å². The Labute approximate surface area is 130 Å². The van der Waals surface area contributed by atoms with Crippen LogP contribution in [0.3, 0.4) is 0 Å². The number of nitrogens with zero attached hydrogens (tertiary/aromatic N) is 1. The van der Waals surface area contributed by atoms with E-state index in [1.807, 2.05) is 0 Å². The number of benzene rings is 1. The molecule has 21 heavy (non-hydrogen) atoms. The van der Waals surface area contributed by atoms with Gasteiger partial charge < -0.3 is 5.32 Å². The zero-order valence-electron chi connectivity index (χ0n) is 14.2. The molecule has 1 aromatic rings. The van der Waals surface area contributed by atoms with Gasteiger partial charge in [-0.15, -0.1) is 0 Å². The highest BCUT2D eigenvalue weighted by atomic mass is 15.2. The molecule has 2 nitrogen and oxygen atoms in total. The Balaban J connectivity index is 1.87. The molecule has 0 aliphatic carbocycles. The summed E-state index contributed by atoms with van der Waals surface area (Å²) in [7, 11) is 0. The van der Waals surface area contributed by atoms with Gasteiger partial charge in [-0.3, -0.25) is 4.90 Å². The number of nitrogens with one attached hydrogen (secondary N) is 1. The van der Waals surface area contributed by atoms with Crippen molar-refractivity contribution < 1.29 is 0 Å². The van der Waals surface area contributed by atoms with Crippen molar-refractivity contribution >= 4 is 0 Å². The molecular weight excluding hydrogens is 256 g/mol. The lowest BCUT2D eigenvalue weighted by Crippen LogP contribution is -2.47. The van der Waals surface area contributed by atoms with Crippen LogP contribution in [0.25, 0.3) is 0 Å². The summed E-state index contributed by atoms with van der Waals surface area (Å²) in [5, 5.41) is 3.75. The van der Waals surface area contributed by atoms with E-state index in [9.17, 15) is 0 Å². The lowest BCUT2D eigenvalue weighted by atomic mass is 9.86. The van der Waals surface area contributed by atoms with Gasteiger partial charge in [-0.1, -0.05) is 51.1 Å². The van der Waals surface area contributed by atoms with Crippen LogP contribution in [0.1, 0.15) is 46.1 Å². The Morgan fingerprint density at radius 2 is 1.90 bits per heavy atom. The van der Waals surface area contributed by atoms with Crippen LogP contribution in [0.4, 0.5) is 0 Å². The molecule has 0 spiro atoms. The molecule has 1 fully saturated rings. The summed E-state index contributed by atoms with van der Waals surface area (Å²) >= 11 is 0. The minimum absolute atomic E-state index is 0.335. The van der Waals surface area contributed by atoms with Crippen LogP contribution in [-0.4, -0.2) is 36.6 Å². The summed E-state index contributed by atoms with van der Waals surface area (Å²) in [5.41, 5.74) is 1.80. The highest BCUT2D eigenvalue weighted by Crippen LogP contribution is 2.23. The highest BCUT2D eigenvalue weighted by molar-refractivity contribution is 5.14. The van der Waals surface area contributed by atoms with Crippen molar-refractivity contribution in [1.82, 2.24) is 10.2 Å². The van der Waals surface area contributed by atoms with Gasteiger partial charge in [0.15, 0.2) is 0 Å². The average Bonchev–Trinajstić information content (AvgIpc) is 2.62. The molecule has 1 N–H and O–H groups in total. The summed E-state index contributed by atoms with van der Waals surface area (Å²) in [5.74, 6) is 0. The Morgan fingerprint density at radius 1 is 1.19 bits per heavy atom. The SMILES string of the molecule is CC1CCNC(C(C)(C)C)CN1CCCc1ccccc1. The van der Waals surface area contributed by atoms with Crippen molar-refractivity contribution in [3.8, 4) is 0 Å². The van der Waals surface area contributed by atoms with E-state index in [1.54, 1.807) is 0 Å². The first-order valence-electron chi connectivity index (χ1n) is 8.48. The molecular formula is C19H32N2. The van der Waals surface area contributed by atoms with Gasteiger partial charge in [0.25, 0.3) is 0 Å². The molecule has 0 saturated carbocycles. The van der Waals surface area contributed by atoms with E-state index in [0.29, 0.717) is 17.5 Å². The van der Waals surface area contributed by atoms with E-state index in [0.717, 1.165) is 6.54 Å². The van der Waals surface area contributed by atoms with Crippen molar-refractivity contribution in [1.29, 1.82) is 0 Å². The van der Waals surface area contributed by atoms with Crippen molar-refractivity contribution in [2.24, 2.45) is 5.41 Å². The standard InChI is InChI=1S/C19H32N2/c1-16-12-13-20-18(19(2,3)4)15-21(16)14-8-11-17-9-6-5-7-10-17/h5-7,9-10,16,18,20H,8,11-15H2,1-4H3. The predicted octanol–water partition coefficient (Wildman–Crippen LogP) is 3.72. The van der Waals surface area contributed by atoms with E-state index in [-0.39, 0.29) is 0 Å². The lowest BCUT2D eigenvalue weighted by molar-refractivity contribution is 0.162. The van der Waals surface area contributed by atoms with E-state index in [2.05, 4.69) is 68.2 Å². The Morgan fingerprint density at radius 3 is 2.57 bits per heavy atom. The molecule has 0 radical (unpaired) electrons. The quantitative estimate of drug-likeness (QED) is 0.908. The topological polar surface area (TPSA) is 15.3 Å². The van der Waals surface area contributed by atoms with Gasteiger partial charge in [0.05, 0.1) is 0 Å². The van der Waals surface area contributed by atoms with Crippen LogP contribution < -0.4 is 5.32 Å². The van der Waals surface area contributed by atoms with Crippen molar-refractivity contribution in [3.05, 3.63) is 35.9 Å². The number of rotatable bonds is 4. The zero-order valence-corrected chi connectivity index (χ0v) is 14.2. The fourth-order valence-corrected chi connectivity index (χ4v) is 3.15. The maximum atomic E-state index is 3.75. The molecule has 2 rings (SSSR count). The maximum Gasteiger partial charge on any atom is 0.0243 e. The predicted molar refractivity (Wildman–Crippen MR) is 91.7 cm³/mol. The molecule has 2 heteroatoms. The molecule has 2 atom stereocenters. The Hall–Kier alpha value is -0.860. The molecule has 1 saturated heterocycles. The van der Waals surface area contributed by atoms with Crippen molar-refractivity contribution in [2.75, 3.05) is 19.6 Å². The third kappa shape index (κ3) is 5.12. The molecule has 118 valence electrons. The summed E-state index contributed by atoms with van der Waals surface area (Å²) in [6, 6.07) is 12.2. The van der Waals surface area contributed by atoms with Gasteiger partial charge in [0, 0.05) is 18.6 Å². The van der Waals surface area contributed by atoms with Crippen LogP contribution >= 0.6 is 0 Å². The fourth-order valence-electron chi connectivity index (χ4n) is 3.15. The summed E-state index contributed by atoms with van der Waals surface area (Å²) < 4.78 is 0. The van der Waals surface area contributed by atoms with Crippen LogP contribution in [0.15, 0.2) is 30.3 Å². The van der Waals surface area contributed by atoms with Crippen LogP contribution in [-0.2, 0) is 6.42 Å². The summed E-state index contributed by atoms with van der Waals surface area (Å²) in [6.07, 6.45) is 3.71. The van der Waals surface area contributed by atoms with E-state index in [4.69, 9.17) is 0 Å². The van der Waals surface area contributed by atoms with Crippen LogP contribution in [0.5, 0.6) is 0 Å². The van der Waals surface area contributed by atoms with E-state index < -0.39 is 0 Å². The minimum atomic E-state index is 0.335. The van der Waals surface area contributed by atoms with Gasteiger partial charge in [-0.25, -0.2) is 0 Å². The fraction of sp³-hybridized carbons (Fsp3) is 0.684. The monoisotopic (exact) mass is 288 g/mol. The normalized spacial score (nSPS) is 24.8. The molecule has 0 amide bonds. The minimum Gasteiger partial charge on any atom is -0.312 e. The smallest absolute Gasteiger partial charge is 0.0243 e. The molecule has 1 aliphatic rings. The molecule has 0 aromatic heterocycles. The highest BCUT2D eigenvalue weighted by Gasteiger charge is 2.30. The van der Waals surface area contributed by atoms with Gasteiger partial charge in [-0.2, -0.15) is 0 Å². The second-order valence-electron chi connectivity index (χ2n) is 7.59. The first-order chi connectivity index (χ1) is 9.97. The number of aryl methyl sites for hydroxylation is 1. The summed E-state index contributed by atoms with van der Waals surface area (Å²) in [4.78, 5) is 2.69. The lowest BCUT2D eigenvalue weighted by Gasteiger charge is -2.35. The molecule has 0 bridgehead atoms. The number of hydrogen-bond acceptors (Lipinski definition) is 2. The van der Waals surface area contributed by atoms with Crippen molar-refractivity contribution in [3.63, 3.8) is 0 Å². The van der Waals surface area contributed by atoms with E-state index in [1.165, 1.54) is 37.9 Å². The van der Waals surface area contributed by atoms with Crippen LogP contribution in [0, 0.1) is 5.41 Å². The third-order valence-electron chi connectivity index (χ3n) is 4.79. The maximum absolute atomic E-state index is 3.75. The first-order valence-corrected chi connectivity index (χ1v) is 8.48. The Bertz CT molecular complexity index is 407. The molecule has 1 aliphatic heterocycles. The Kier molecular flexibility index (Phi) is 5.83. The number of hydrogen-bond donors (Lipinski definition) is 1. The largest absolute Gasteiger partial charge is 0.312 e. The molecule has 2 unspecified atom stereocenters. The average molecular weight is 288 g/mol. The van der Waals surface area contributed by atoms with Crippen LogP contribution in [0.2, 0.25) is 0 Å². The second kappa shape index (κ2) is 7.42.